The molecule has 2 N–H and O–H groups in total. The number of rotatable bonds is 5. The molecular formula is C13H19N3OS. The zero-order valence-corrected chi connectivity index (χ0v) is 12.0. The second-order valence-electron chi connectivity index (χ2n) is 4.21. The summed E-state index contributed by atoms with van der Waals surface area (Å²) in [6, 6.07) is -0.182. The van der Waals surface area contributed by atoms with Gasteiger partial charge in [0.25, 0.3) is 0 Å². The quantitative estimate of drug-likeness (QED) is 0.794. The van der Waals surface area contributed by atoms with Crippen molar-refractivity contribution in [3.8, 4) is 12.3 Å². The molecule has 0 radical (unpaired) electrons. The Balaban J connectivity index is 2.59. The Kier molecular flexibility index (Phi) is 5.32. The van der Waals surface area contributed by atoms with Crippen molar-refractivity contribution >= 4 is 17.2 Å². The zero-order chi connectivity index (χ0) is 13.7. The van der Waals surface area contributed by atoms with Gasteiger partial charge in [0.05, 0.1) is 23.3 Å². The van der Waals surface area contributed by atoms with E-state index in [0.717, 1.165) is 10.7 Å². The van der Waals surface area contributed by atoms with Crippen LogP contribution in [-0.2, 0) is 4.79 Å². The average Bonchev–Trinajstić information content (AvgIpc) is 2.65. The first-order valence-electron chi connectivity index (χ1n) is 5.86. The third-order valence-corrected chi connectivity index (χ3v) is 3.85. The van der Waals surface area contributed by atoms with Gasteiger partial charge in [-0.1, -0.05) is 5.92 Å². The fourth-order valence-electron chi connectivity index (χ4n) is 1.77. The summed E-state index contributed by atoms with van der Waals surface area (Å²) in [7, 11) is 0. The molecule has 1 heterocycles. The van der Waals surface area contributed by atoms with Gasteiger partial charge in [-0.05, 0) is 27.7 Å². The van der Waals surface area contributed by atoms with Crippen LogP contribution in [0.3, 0.4) is 0 Å². The van der Waals surface area contributed by atoms with Crippen LogP contribution in [0.15, 0.2) is 0 Å². The fraction of sp³-hybridized carbons (Fsp3) is 0.538. The first-order valence-corrected chi connectivity index (χ1v) is 6.68. The van der Waals surface area contributed by atoms with Gasteiger partial charge in [0.1, 0.15) is 0 Å². The lowest BCUT2D eigenvalue weighted by Crippen LogP contribution is -2.43. The van der Waals surface area contributed by atoms with Crippen LogP contribution in [0.1, 0.15) is 35.5 Å². The summed E-state index contributed by atoms with van der Waals surface area (Å²) in [6.07, 6.45) is 5.10. The van der Waals surface area contributed by atoms with Crippen LogP contribution in [0.25, 0.3) is 0 Å². The SMILES string of the molecule is C#CCNC(=O)C(C)NC(C)c1sc(C)nc1C. The maximum atomic E-state index is 11.7. The van der Waals surface area contributed by atoms with Gasteiger partial charge in [-0.2, -0.15) is 0 Å². The van der Waals surface area contributed by atoms with E-state index in [1.165, 1.54) is 4.88 Å². The number of carbonyl (C=O) groups is 1. The van der Waals surface area contributed by atoms with Crippen molar-refractivity contribution < 1.29 is 4.79 Å². The minimum atomic E-state index is -0.282. The topological polar surface area (TPSA) is 54.0 Å². The predicted octanol–water partition coefficient (Wildman–Crippen LogP) is 1.55. The third kappa shape index (κ3) is 3.83. The van der Waals surface area contributed by atoms with E-state index in [9.17, 15) is 4.79 Å². The van der Waals surface area contributed by atoms with Crippen molar-refractivity contribution in [2.24, 2.45) is 0 Å². The molecule has 0 spiro atoms. The summed E-state index contributed by atoms with van der Waals surface area (Å²) < 4.78 is 0. The highest BCUT2D eigenvalue weighted by atomic mass is 32.1. The van der Waals surface area contributed by atoms with Crippen LogP contribution in [-0.4, -0.2) is 23.5 Å². The number of thiazole rings is 1. The molecule has 0 aliphatic heterocycles. The van der Waals surface area contributed by atoms with E-state index in [2.05, 4.69) is 21.5 Å². The van der Waals surface area contributed by atoms with Gasteiger partial charge in [0, 0.05) is 10.9 Å². The monoisotopic (exact) mass is 265 g/mol. The normalized spacial score (nSPS) is 13.7. The molecule has 98 valence electrons. The van der Waals surface area contributed by atoms with E-state index < -0.39 is 0 Å². The highest BCUT2D eigenvalue weighted by Crippen LogP contribution is 2.24. The highest BCUT2D eigenvalue weighted by molar-refractivity contribution is 7.11. The van der Waals surface area contributed by atoms with Crippen molar-refractivity contribution in [3.05, 3.63) is 15.6 Å². The van der Waals surface area contributed by atoms with Gasteiger partial charge >= 0.3 is 0 Å². The Hall–Kier alpha value is -1.38. The molecule has 2 unspecified atom stereocenters. The highest BCUT2D eigenvalue weighted by Gasteiger charge is 2.18. The van der Waals surface area contributed by atoms with Crippen LogP contribution < -0.4 is 10.6 Å². The summed E-state index contributed by atoms with van der Waals surface area (Å²) in [5.74, 6) is 2.30. The van der Waals surface area contributed by atoms with Crippen molar-refractivity contribution in [3.63, 3.8) is 0 Å². The lowest BCUT2D eigenvalue weighted by molar-refractivity contribution is -0.122. The first-order chi connectivity index (χ1) is 8.45. The van der Waals surface area contributed by atoms with Gasteiger partial charge in [-0.3, -0.25) is 10.1 Å². The number of hydrogen-bond donors (Lipinski definition) is 2. The minimum absolute atomic E-state index is 0.0845. The van der Waals surface area contributed by atoms with Crippen LogP contribution in [0, 0.1) is 26.2 Å². The number of hydrogen-bond acceptors (Lipinski definition) is 4. The number of carbonyl (C=O) groups excluding carboxylic acids is 1. The van der Waals surface area contributed by atoms with E-state index in [-0.39, 0.29) is 24.5 Å². The molecule has 0 fully saturated rings. The van der Waals surface area contributed by atoms with Gasteiger partial charge in [0.15, 0.2) is 0 Å². The number of aromatic nitrogens is 1. The van der Waals surface area contributed by atoms with E-state index in [1.807, 2.05) is 27.7 Å². The van der Waals surface area contributed by atoms with Crippen LogP contribution in [0.2, 0.25) is 0 Å². The first kappa shape index (κ1) is 14.7. The smallest absolute Gasteiger partial charge is 0.237 e. The molecule has 5 heteroatoms. The van der Waals surface area contributed by atoms with Crippen molar-refractivity contribution in [1.29, 1.82) is 0 Å². The van der Waals surface area contributed by atoms with E-state index in [0.29, 0.717) is 0 Å². The zero-order valence-electron chi connectivity index (χ0n) is 11.2. The van der Waals surface area contributed by atoms with Gasteiger partial charge in [-0.25, -0.2) is 4.98 Å². The summed E-state index contributed by atoms with van der Waals surface area (Å²) >= 11 is 1.66. The Morgan fingerprint density at radius 2 is 2.17 bits per heavy atom. The molecular weight excluding hydrogens is 246 g/mol. The molecule has 0 saturated carbocycles. The number of amides is 1. The van der Waals surface area contributed by atoms with Crippen molar-refractivity contribution in [1.82, 2.24) is 15.6 Å². The molecule has 4 nitrogen and oxygen atoms in total. The molecule has 1 rings (SSSR count). The fourth-order valence-corrected chi connectivity index (χ4v) is 2.71. The lowest BCUT2D eigenvalue weighted by Gasteiger charge is -2.18. The number of aryl methyl sites for hydroxylation is 2. The largest absolute Gasteiger partial charge is 0.344 e. The summed E-state index contributed by atoms with van der Waals surface area (Å²) in [4.78, 5) is 17.2. The molecule has 0 bridgehead atoms. The number of terminal acetylenes is 1. The Morgan fingerprint density at radius 3 is 2.67 bits per heavy atom. The number of nitrogens with one attached hydrogen (secondary N) is 2. The molecule has 0 aromatic carbocycles. The predicted molar refractivity (Wildman–Crippen MR) is 74.4 cm³/mol. The van der Waals surface area contributed by atoms with Crippen LogP contribution >= 0.6 is 11.3 Å². The maximum absolute atomic E-state index is 11.7. The molecule has 2 atom stereocenters. The molecule has 1 aromatic heterocycles. The third-order valence-electron chi connectivity index (χ3n) is 2.59. The standard InChI is InChI=1S/C13H19N3OS/c1-6-7-14-13(17)10(4)15-8(2)12-9(3)16-11(5)18-12/h1,8,10,15H,7H2,2-5H3,(H,14,17). The summed E-state index contributed by atoms with van der Waals surface area (Å²) in [5, 5.41) is 6.95. The Labute approximate surface area is 112 Å². The second-order valence-corrected chi connectivity index (χ2v) is 5.45. The summed E-state index contributed by atoms with van der Waals surface area (Å²) in [5.41, 5.74) is 1.02. The maximum Gasteiger partial charge on any atom is 0.237 e. The Bertz CT molecular complexity index is 461. The average molecular weight is 265 g/mol. The lowest BCUT2D eigenvalue weighted by atomic mass is 10.2. The molecule has 18 heavy (non-hydrogen) atoms. The van der Waals surface area contributed by atoms with E-state index in [4.69, 9.17) is 6.42 Å². The Morgan fingerprint density at radius 1 is 1.50 bits per heavy atom. The molecule has 0 aliphatic carbocycles. The molecule has 1 amide bonds. The van der Waals surface area contributed by atoms with Crippen molar-refractivity contribution in [2.45, 2.75) is 39.8 Å². The van der Waals surface area contributed by atoms with Crippen LogP contribution in [0.5, 0.6) is 0 Å². The van der Waals surface area contributed by atoms with Gasteiger partial charge < -0.3 is 5.32 Å². The van der Waals surface area contributed by atoms with E-state index in [1.54, 1.807) is 11.3 Å². The molecule has 1 aromatic rings. The number of nitrogens with zero attached hydrogens (tertiary/aromatic N) is 1. The molecule has 0 aliphatic rings. The second kappa shape index (κ2) is 6.53. The van der Waals surface area contributed by atoms with E-state index >= 15 is 0 Å². The van der Waals surface area contributed by atoms with Crippen molar-refractivity contribution in [2.75, 3.05) is 6.54 Å². The van der Waals surface area contributed by atoms with Gasteiger partial charge in [-0.15, -0.1) is 17.8 Å². The van der Waals surface area contributed by atoms with Gasteiger partial charge in [0.2, 0.25) is 5.91 Å². The minimum Gasteiger partial charge on any atom is -0.344 e. The van der Waals surface area contributed by atoms with Crippen LogP contribution in [0.4, 0.5) is 0 Å². The summed E-state index contributed by atoms with van der Waals surface area (Å²) in [6.45, 7) is 8.09. The molecule has 0 saturated heterocycles.